The van der Waals surface area contributed by atoms with Gasteiger partial charge < -0.3 is 5.11 Å². The Morgan fingerprint density at radius 2 is 2.33 bits per heavy atom. The summed E-state index contributed by atoms with van der Waals surface area (Å²) in [7, 11) is 1.90. The van der Waals surface area contributed by atoms with Gasteiger partial charge >= 0.3 is 0 Å². The molecule has 5 heteroatoms. The van der Waals surface area contributed by atoms with Gasteiger partial charge in [0.1, 0.15) is 0 Å². The van der Waals surface area contributed by atoms with Gasteiger partial charge in [-0.3, -0.25) is 9.58 Å². The molecule has 1 atom stereocenters. The van der Waals surface area contributed by atoms with Gasteiger partial charge in [0.2, 0.25) is 0 Å². The molecular weight excluding hydrogens is 214 g/mol. The molecule has 0 aromatic carbocycles. The van der Waals surface area contributed by atoms with Gasteiger partial charge in [0.05, 0.1) is 22.5 Å². The van der Waals surface area contributed by atoms with Gasteiger partial charge in [0.15, 0.2) is 0 Å². The van der Waals surface area contributed by atoms with Crippen LogP contribution in [0, 0.1) is 6.92 Å². The topological polar surface area (TPSA) is 41.3 Å². The SMILES string of the molecule is Cc1nn(C)c(CN2CC[C@@H](O)C2)c1Cl. The van der Waals surface area contributed by atoms with Crippen molar-refractivity contribution in [2.75, 3.05) is 13.1 Å². The number of likely N-dealkylation sites (tertiary alicyclic amines) is 1. The molecule has 15 heavy (non-hydrogen) atoms. The zero-order valence-corrected chi connectivity index (χ0v) is 9.83. The maximum absolute atomic E-state index is 9.42. The lowest BCUT2D eigenvalue weighted by atomic mass is 10.3. The Morgan fingerprint density at radius 1 is 1.60 bits per heavy atom. The molecule has 1 aromatic rings. The summed E-state index contributed by atoms with van der Waals surface area (Å²) in [6.07, 6.45) is 0.673. The van der Waals surface area contributed by atoms with Crippen molar-refractivity contribution in [3.05, 3.63) is 16.4 Å². The minimum atomic E-state index is -0.182. The van der Waals surface area contributed by atoms with Crippen molar-refractivity contribution < 1.29 is 5.11 Å². The number of nitrogens with zero attached hydrogens (tertiary/aromatic N) is 3. The van der Waals surface area contributed by atoms with Crippen molar-refractivity contribution in [3.8, 4) is 0 Å². The van der Waals surface area contributed by atoms with Crippen molar-refractivity contribution in [2.24, 2.45) is 7.05 Å². The summed E-state index contributed by atoms with van der Waals surface area (Å²) in [4.78, 5) is 2.20. The number of hydrogen-bond acceptors (Lipinski definition) is 3. The summed E-state index contributed by atoms with van der Waals surface area (Å²) < 4.78 is 1.82. The molecule has 0 aliphatic carbocycles. The molecule has 0 amide bonds. The van der Waals surface area contributed by atoms with Gasteiger partial charge in [0.25, 0.3) is 0 Å². The molecular formula is C10H16ClN3O. The molecule has 0 unspecified atom stereocenters. The Morgan fingerprint density at radius 3 is 2.80 bits per heavy atom. The maximum Gasteiger partial charge on any atom is 0.0860 e. The van der Waals surface area contributed by atoms with Gasteiger partial charge in [-0.05, 0) is 13.3 Å². The third kappa shape index (κ3) is 2.17. The van der Waals surface area contributed by atoms with Crippen LogP contribution >= 0.6 is 11.6 Å². The first-order valence-electron chi connectivity index (χ1n) is 5.16. The number of aliphatic hydroxyl groups is 1. The van der Waals surface area contributed by atoms with Crippen molar-refractivity contribution >= 4 is 11.6 Å². The van der Waals surface area contributed by atoms with Crippen LogP contribution in [0.5, 0.6) is 0 Å². The second kappa shape index (κ2) is 4.12. The molecule has 1 fully saturated rings. The van der Waals surface area contributed by atoms with Crippen molar-refractivity contribution in [1.29, 1.82) is 0 Å². The standard InChI is InChI=1S/C10H16ClN3O/c1-7-10(11)9(13(2)12-7)6-14-4-3-8(15)5-14/h8,15H,3-6H2,1-2H3/t8-/m1/s1. The van der Waals surface area contributed by atoms with Gasteiger partial charge in [0, 0.05) is 26.7 Å². The number of halogens is 1. The Bertz CT molecular complexity index is 364. The number of β-amino-alcohol motifs (C(OH)–C–C–N with tert-alkyl or cyclic N) is 1. The Balaban J connectivity index is 2.10. The predicted octanol–water partition coefficient (Wildman–Crippen LogP) is 0.949. The quantitative estimate of drug-likeness (QED) is 0.821. The van der Waals surface area contributed by atoms with Crippen LogP contribution in [0.1, 0.15) is 17.8 Å². The van der Waals surface area contributed by atoms with Gasteiger partial charge in [-0.25, -0.2) is 0 Å². The molecule has 0 saturated carbocycles. The molecule has 4 nitrogen and oxygen atoms in total. The number of rotatable bonds is 2. The van der Waals surface area contributed by atoms with Crippen LogP contribution in [0.25, 0.3) is 0 Å². The van der Waals surface area contributed by atoms with Gasteiger partial charge in [-0.1, -0.05) is 11.6 Å². The molecule has 2 rings (SSSR count). The highest BCUT2D eigenvalue weighted by Crippen LogP contribution is 2.22. The number of aryl methyl sites for hydroxylation is 2. The Kier molecular flexibility index (Phi) is 3.00. The third-order valence-corrected chi connectivity index (χ3v) is 3.37. The monoisotopic (exact) mass is 229 g/mol. The van der Waals surface area contributed by atoms with E-state index in [4.69, 9.17) is 11.6 Å². The number of aliphatic hydroxyl groups excluding tert-OH is 1. The maximum atomic E-state index is 9.42. The largest absolute Gasteiger partial charge is 0.392 e. The van der Waals surface area contributed by atoms with E-state index in [9.17, 15) is 5.11 Å². The molecule has 0 bridgehead atoms. The smallest absolute Gasteiger partial charge is 0.0860 e. The van der Waals surface area contributed by atoms with Crippen LogP contribution in [-0.4, -0.2) is 39.0 Å². The highest BCUT2D eigenvalue weighted by atomic mass is 35.5. The molecule has 84 valence electrons. The van der Waals surface area contributed by atoms with E-state index in [2.05, 4.69) is 10.00 Å². The average molecular weight is 230 g/mol. The van der Waals surface area contributed by atoms with Crippen LogP contribution in [-0.2, 0) is 13.6 Å². The summed E-state index contributed by atoms with van der Waals surface area (Å²) in [5.41, 5.74) is 1.90. The lowest BCUT2D eigenvalue weighted by Gasteiger charge is -2.14. The van der Waals surface area contributed by atoms with Crippen molar-refractivity contribution in [1.82, 2.24) is 14.7 Å². The summed E-state index contributed by atoms with van der Waals surface area (Å²) in [5.74, 6) is 0. The molecule has 1 aliphatic rings. The fourth-order valence-corrected chi connectivity index (χ4v) is 2.24. The minimum absolute atomic E-state index is 0.182. The summed E-state index contributed by atoms with van der Waals surface area (Å²) in [5, 5.41) is 14.4. The molecule has 1 aromatic heterocycles. The van der Waals surface area contributed by atoms with E-state index in [1.807, 2.05) is 18.7 Å². The lowest BCUT2D eigenvalue weighted by molar-refractivity contribution is 0.174. The van der Waals surface area contributed by atoms with E-state index < -0.39 is 0 Å². The van der Waals surface area contributed by atoms with Crippen molar-refractivity contribution in [2.45, 2.75) is 26.0 Å². The van der Waals surface area contributed by atoms with E-state index in [1.165, 1.54) is 0 Å². The molecule has 1 saturated heterocycles. The highest BCUT2D eigenvalue weighted by molar-refractivity contribution is 6.31. The fourth-order valence-electron chi connectivity index (χ4n) is 2.02. The number of aromatic nitrogens is 2. The van der Waals surface area contributed by atoms with Crippen LogP contribution in [0.2, 0.25) is 5.02 Å². The lowest BCUT2D eigenvalue weighted by Crippen LogP contribution is -2.23. The van der Waals surface area contributed by atoms with E-state index >= 15 is 0 Å². The summed E-state index contributed by atoms with van der Waals surface area (Å²) in [6.45, 7) is 4.35. The van der Waals surface area contributed by atoms with Crippen LogP contribution in [0.4, 0.5) is 0 Å². The normalized spacial score (nSPS) is 22.5. The molecule has 1 aliphatic heterocycles. The van der Waals surface area contributed by atoms with Crippen LogP contribution < -0.4 is 0 Å². The van der Waals surface area contributed by atoms with Crippen molar-refractivity contribution in [3.63, 3.8) is 0 Å². The summed E-state index contributed by atoms with van der Waals surface area (Å²) in [6, 6.07) is 0. The van der Waals surface area contributed by atoms with Gasteiger partial charge in [-0.15, -0.1) is 0 Å². The summed E-state index contributed by atoms with van der Waals surface area (Å²) >= 11 is 6.16. The molecule has 1 N–H and O–H groups in total. The number of hydrogen-bond donors (Lipinski definition) is 1. The minimum Gasteiger partial charge on any atom is -0.392 e. The first-order valence-corrected chi connectivity index (χ1v) is 5.54. The molecule has 0 radical (unpaired) electrons. The van der Waals surface area contributed by atoms with E-state index in [0.29, 0.717) is 0 Å². The Labute approximate surface area is 94.4 Å². The van der Waals surface area contributed by atoms with Gasteiger partial charge in [-0.2, -0.15) is 5.10 Å². The first kappa shape index (κ1) is 10.9. The second-order valence-corrected chi connectivity index (χ2v) is 4.53. The van der Waals surface area contributed by atoms with Crippen LogP contribution in [0.3, 0.4) is 0 Å². The van der Waals surface area contributed by atoms with Crippen LogP contribution in [0.15, 0.2) is 0 Å². The molecule has 0 spiro atoms. The zero-order chi connectivity index (χ0) is 11.0. The van der Waals surface area contributed by atoms with E-state index in [-0.39, 0.29) is 6.10 Å². The molecule has 2 heterocycles. The Hall–Kier alpha value is -0.580. The predicted molar refractivity (Wildman–Crippen MR) is 58.9 cm³/mol. The second-order valence-electron chi connectivity index (χ2n) is 4.15. The van der Waals surface area contributed by atoms with E-state index in [0.717, 1.165) is 42.5 Å². The first-order chi connectivity index (χ1) is 7.08. The third-order valence-electron chi connectivity index (χ3n) is 2.88. The highest BCUT2D eigenvalue weighted by Gasteiger charge is 2.22. The fraction of sp³-hybridized carbons (Fsp3) is 0.700. The average Bonchev–Trinajstić information content (AvgIpc) is 2.67. The zero-order valence-electron chi connectivity index (χ0n) is 9.07. The van der Waals surface area contributed by atoms with E-state index in [1.54, 1.807) is 0 Å².